The lowest BCUT2D eigenvalue weighted by molar-refractivity contribution is 0.180. The first-order valence-corrected chi connectivity index (χ1v) is 9.11. The third kappa shape index (κ3) is 4.73. The number of likely N-dealkylation sites (tertiary alicyclic amines) is 1. The van der Waals surface area contributed by atoms with Crippen LogP contribution in [0.15, 0.2) is 36.4 Å². The predicted octanol–water partition coefficient (Wildman–Crippen LogP) is 5.05. The van der Waals surface area contributed by atoms with E-state index < -0.39 is 0 Å². The highest BCUT2D eigenvalue weighted by Crippen LogP contribution is 2.27. The van der Waals surface area contributed by atoms with E-state index in [1.54, 1.807) is 6.07 Å². The van der Waals surface area contributed by atoms with Crippen LogP contribution >= 0.6 is 0 Å². The van der Waals surface area contributed by atoms with Crippen molar-refractivity contribution in [2.45, 2.75) is 33.1 Å². The van der Waals surface area contributed by atoms with Gasteiger partial charge in [0.25, 0.3) is 0 Å². The van der Waals surface area contributed by atoms with Gasteiger partial charge in [-0.3, -0.25) is 4.90 Å². The standard InChI is InChI=1S/C21H27FN2O/c1-16-7-6-8-17(2)21(16)23-18-9-10-20(19(22)15-18)25-14-13-24-11-4-3-5-12-24/h6-10,15,23H,3-5,11-14H2,1-2H3. The topological polar surface area (TPSA) is 24.5 Å². The molecule has 134 valence electrons. The highest BCUT2D eigenvalue weighted by Gasteiger charge is 2.11. The lowest BCUT2D eigenvalue weighted by atomic mass is 10.1. The van der Waals surface area contributed by atoms with Crippen LogP contribution in [0.4, 0.5) is 15.8 Å². The molecule has 0 saturated carbocycles. The number of benzene rings is 2. The van der Waals surface area contributed by atoms with Crippen molar-refractivity contribution in [3.05, 3.63) is 53.3 Å². The number of hydrogen-bond acceptors (Lipinski definition) is 3. The Kier molecular flexibility index (Phi) is 5.92. The first-order valence-electron chi connectivity index (χ1n) is 9.11. The van der Waals surface area contributed by atoms with E-state index in [2.05, 4.69) is 10.2 Å². The van der Waals surface area contributed by atoms with Crippen LogP contribution in [-0.2, 0) is 0 Å². The molecular weight excluding hydrogens is 315 g/mol. The van der Waals surface area contributed by atoms with Gasteiger partial charge in [-0.2, -0.15) is 0 Å². The van der Waals surface area contributed by atoms with Crippen LogP contribution in [0.1, 0.15) is 30.4 Å². The predicted molar refractivity (Wildman–Crippen MR) is 101 cm³/mol. The Morgan fingerprint density at radius 1 is 1.04 bits per heavy atom. The highest BCUT2D eigenvalue weighted by molar-refractivity contribution is 5.66. The Balaban J connectivity index is 1.58. The number of hydrogen-bond donors (Lipinski definition) is 1. The lowest BCUT2D eigenvalue weighted by Gasteiger charge is -2.26. The van der Waals surface area contributed by atoms with Gasteiger partial charge in [0, 0.05) is 24.0 Å². The van der Waals surface area contributed by atoms with Crippen molar-refractivity contribution in [1.29, 1.82) is 0 Å². The summed E-state index contributed by atoms with van der Waals surface area (Å²) < 4.78 is 20.0. The zero-order valence-electron chi connectivity index (χ0n) is 15.1. The van der Waals surface area contributed by atoms with Gasteiger partial charge in [0.1, 0.15) is 6.61 Å². The molecule has 0 aliphatic carbocycles. The Morgan fingerprint density at radius 3 is 2.44 bits per heavy atom. The van der Waals surface area contributed by atoms with E-state index in [0.29, 0.717) is 12.4 Å². The zero-order valence-corrected chi connectivity index (χ0v) is 15.1. The molecule has 1 aliphatic heterocycles. The van der Waals surface area contributed by atoms with Crippen LogP contribution in [0.25, 0.3) is 0 Å². The van der Waals surface area contributed by atoms with Crippen molar-refractivity contribution in [2.75, 3.05) is 31.6 Å². The fourth-order valence-electron chi connectivity index (χ4n) is 3.32. The van der Waals surface area contributed by atoms with E-state index in [9.17, 15) is 4.39 Å². The van der Waals surface area contributed by atoms with Crippen LogP contribution in [0.5, 0.6) is 5.75 Å². The third-order valence-electron chi connectivity index (χ3n) is 4.80. The molecule has 0 atom stereocenters. The molecular formula is C21H27FN2O. The van der Waals surface area contributed by atoms with Crippen LogP contribution in [0.2, 0.25) is 0 Å². The molecule has 1 heterocycles. The van der Waals surface area contributed by atoms with E-state index in [1.165, 1.54) is 25.3 Å². The van der Waals surface area contributed by atoms with Gasteiger partial charge in [-0.15, -0.1) is 0 Å². The number of para-hydroxylation sites is 1. The molecule has 1 N–H and O–H groups in total. The summed E-state index contributed by atoms with van der Waals surface area (Å²) in [5.74, 6) is -0.000976. The Labute approximate surface area is 149 Å². The van der Waals surface area contributed by atoms with Crippen LogP contribution < -0.4 is 10.1 Å². The number of nitrogens with one attached hydrogen (secondary N) is 1. The molecule has 0 unspecified atom stereocenters. The second kappa shape index (κ2) is 8.34. The van der Waals surface area contributed by atoms with Gasteiger partial charge >= 0.3 is 0 Å². The zero-order chi connectivity index (χ0) is 17.6. The number of aryl methyl sites for hydroxylation is 2. The fourth-order valence-corrected chi connectivity index (χ4v) is 3.32. The van der Waals surface area contributed by atoms with Crippen molar-refractivity contribution < 1.29 is 9.13 Å². The summed E-state index contributed by atoms with van der Waals surface area (Å²) in [5, 5.41) is 3.31. The quantitative estimate of drug-likeness (QED) is 0.795. The first-order chi connectivity index (χ1) is 12.1. The van der Waals surface area contributed by atoms with E-state index in [0.717, 1.165) is 42.1 Å². The summed E-state index contributed by atoms with van der Waals surface area (Å²) in [5.41, 5.74) is 4.04. The molecule has 1 aliphatic rings. The minimum Gasteiger partial charge on any atom is -0.489 e. The van der Waals surface area contributed by atoms with Gasteiger partial charge in [0.2, 0.25) is 0 Å². The number of nitrogens with zero attached hydrogens (tertiary/aromatic N) is 1. The first kappa shape index (κ1) is 17.7. The highest BCUT2D eigenvalue weighted by atomic mass is 19.1. The van der Waals surface area contributed by atoms with E-state index >= 15 is 0 Å². The molecule has 4 heteroatoms. The fraction of sp³-hybridized carbons (Fsp3) is 0.429. The number of anilines is 2. The van der Waals surface area contributed by atoms with Gasteiger partial charge in [0.15, 0.2) is 11.6 Å². The molecule has 0 aromatic heterocycles. The van der Waals surface area contributed by atoms with Crippen LogP contribution in [0, 0.1) is 19.7 Å². The molecule has 0 radical (unpaired) electrons. The summed E-state index contributed by atoms with van der Waals surface area (Å²) in [7, 11) is 0. The molecule has 3 rings (SSSR count). The average molecular weight is 342 g/mol. The Bertz CT molecular complexity index is 691. The number of rotatable bonds is 6. The van der Waals surface area contributed by atoms with Gasteiger partial charge in [-0.05, 0) is 63.0 Å². The number of ether oxygens (including phenoxy) is 1. The van der Waals surface area contributed by atoms with Crippen molar-refractivity contribution >= 4 is 11.4 Å². The van der Waals surface area contributed by atoms with Crippen LogP contribution in [-0.4, -0.2) is 31.1 Å². The molecule has 1 fully saturated rings. The molecule has 25 heavy (non-hydrogen) atoms. The molecule has 3 nitrogen and oxygen atoms in total. The maximum Gasteiger partial charge on any atom is 0.167 e. The molecule has 2 aromatic rings. The van der Waals surface area contributed by atoms with Gasteiger partial charge in [-0.25, -0.2) is 4.39 Å². The number of piperidine rings is 1. The second-order valence-electron chi connectivity index (χ2n) is 6.79. The summed E-state index contributed by atoms with van der Waals surface area (Å²) in [6.07, 6.45) is 3.83. The van der Waals surface area contributed by atoms with Crippen molar-refractivity contribution in [3.8, 4) is 5.75 Å². The smallest absolute Gasteiger partial charge is 0.167 e. The van der Waals surface area contributed by atoms with Gasteiger partial charge in [-0.1, -0.05) is 24.6 Å². The Morgan fingerprint density at radius 2 is 1.76 bits per heavy atom. The SMILES string of the molecule is Cc1cccc(C)c1Nc1ccc(OCCN2CCCCC2)c(F)c1. The normalized spacial score (nSPS) is 15.2. The van der Waals surface area contributed by atoms with Gasteiger partial charge in [0.05, 0.1) is 0 Å². The summed E-state index contributed by atoms with van der Waals surface area (Å²) in [6.45, 7) is 7.74. The third-order valence-corrected chi connectivity index (χ3v) is 4.80. The molecule has 0 amide bonds. The number of halogens is 1. The molecule has 1 saturated heterocycles. The summed E-state index contributed by atoms with van der Waals surface area (Å²) in [6, 6.07) is 11.2. The van der Waals surface area contributed by atoms with E-state index in [-0.39, 0.29) is 5.82 Å². The van der Waals surface area contributed by atoms with Gasteiger partial charge < -0.3 is 10.1 Å². The van der Waals surface area contributed by atoms with Crippen molar-refractivity contribution in [1.82, 2.24) is 4.90 Å². The molecule has 2 aromatic carbocycles. The summed E-state index contributed by atoms with van der Waals surface area (Å²) in [4.78, 5) is 2.39. The summed E-state index contributed by atoms with van der Waals surface area (Å²) >= 11 is 0. The van der Waals surface area contributed by atoms with Crippen LogP contribution in [0.3, 0.4) is 0 Å². The largest absolute Gasteiger partial charge is 0.489 e. The van der Waals surface area contributed by atoms with Crippen molar-refractivity contribution in [3.63, 3.8) is 0 Å². The van der Waals surface area contributed by atoms with E-state index in [1.807, 2.05) is 38.1 Å². The second-order valence-corrected chi connectivity index (χ2v) is 6.79. The minimum absolute atomic E-state index is 0.323. The lowest BCUT2D eigenvalue weighted by Crippen LogP contribution is -2.33. The average Bonchev–Trinajstić information content (AvgIpc) is 2.61. The Hall–Kier alpha value is -2.07. The van der Waals surface area contributed by atoms with E-state index in [4.69, 9.17) is 4.74 Å². The van der Waals surface area contributed by atoms with Crippen molar-refractivity contribution in [2.24, 2.45) is 0 Å². The molecule has 0 spiro atoms. The monoisotopic (exact) mass is 342 g/mol. The minimum atomic E-state index is -0.324. The maximum absolute atomic E-state index is 14.3. The maximum atomic E-state index is 14.3. The molecule has 0 bridgehead atoms.